The van der Waals surface area contributed by atoms with Crippen LogP contribution in [0.25, 0.3) is 10.9 Å². The van der Waals surface area contributed by atoms with Gasteiger partial charge in [0.25, 0.3) is 5.91 Å². The Labute approximate surface area is 91.5 Å². The lowest BCUT2D eigenvalue weighted by atomic mass is 10.1. The van der Waals surface area contributed by atoms with Gasteiger partial charge in [-0.15, -0.1) is 0 Å². The fourth-order valence-electron chi connectivity index (χ4n) is 1.39. The smallest absolute Gasteiger partial charge is 0.266 e. The van der Waals surface area contributed by atoms with Crippen LogP contribution in [0.1, 0.15) is 10.4 Å². The molecule has 0 aliphatic carbocycles. The maximum atomic E-state index is 11.5. The summed E-state index contributed by atoms with van der Waals surface area (Å²) in [6.07, 6.45) is 1.68. The molecule has 0 radical (unpaired) electrons. The number of isothiocyanates is 1. The maximum Gasteiger partial charge on any atom is 0.286 e. The molecule has 1 heterocycles. The van der Waals surface area contributed by atoms with Gasteiger partial charge in [0.05, 0.1) is 16.2 Å². The van der Waals surface area contributed by atoms with Crippen molar-refractivity contribution >= 4 is 34.2 Å². The molecule has 1 aromatic carbocycles. The number of thiocarbonyl (C=S) groups is 1. The molecular weight excluding hydrogens is 208 g/mol. The first kappa shape index (κ1) is 9.65. The number of rotatable bonds is 1. The minimum Gasteiger partial charge on any atom is -0.266 e. The molecule has 2 rings (SSSR count). The Morgan fingerprint density at radius 3 is 3.00 bits per heavy atom. The van der Waals surface area contributed by atoms with Gasteiger partial charge in [0.15, 0.2) is 0 Å². The molecule has 4 heteroatoms. The molecule has 1 amide bonds. The average Bonchev–Trinajstić information content (AvgIpc) is 2.28. The summed E-state index contributed by atoms with van der Waals surface area (Å²) >= 11 is 4.40. The van der Waals surface area contributed by atoms with E-state index in [0.29, 0.717) is 5.56 Å². The Hall–Kier alpha value is -1.90. The summed E-state index contributed by atoms with van der Waals surface area (Å²) in [5.41, 5.74) is 1.26. The molecule has 0 unspecified atom stereocenters. The van der Waals surface area contributed by atoms with Gasteiger partial charge in [-0.3, -0.25) is 9.78 Å². The topological polar surface area (TPSA) is 42.3 Å². The quantitative estimate of drug-likeness (QED) is 0.541. The highest BCUT2D eigenvalue weighted by atomic mass is 32.1. The van der Waals surface area contributed by atoms with Crippen LogP contribution in [0.5, 0.6) is 0 Å². The fraction of sp³-hybridized carbons (Fsp3) is 0. The first-order valence-corrected chi connectivity index (χ1v) is 4.69. The van der Waals surface area contributed by atoms with Gasteiger partial charge in [0.1, 0.15) is 0 Å². The van der Waals surface area contributed by atoms with Crippen LogP contribution >= 0.6 is 12.2 Å². The first-order chi connectivity index (χ1) is 7.33. The molecule has 0 aliphatic heterocycles. The predicted molar refractivity (Wildman–Crippen MR) is 61.1 cm³/mol. The summed E-state index contributed by atoms with van der Waals surface area (Å²) in [7, 11) is 0. The number of fused-ring (bicyclic) bond motifs is 1. The van der Waals surface area contributed by atoms with Crippen LogP contribution in [0.15, 0.2) is 41.5 Å². The van der Waals surface area contributed by atoms with E-state index < -0.39 is 0 Å². The van der Waals surface area contributed by atoms with Crippen molar-refractivity contribution in [3.63, 3.8) is 0 Å². The van der Waals surface area contributed by atoms with Crippen molar-refractivity contribution in [3.8, 4) is 0 Å². The molecule has 0 spiro atoms. The van der Waals surface area contributed by atoms with Crippen molar-refractivity contribution in [2.75, 3.05) is 0 Å². The number of carbonyl (C=O) groups is 1. The van der Waals surface area contributed by atoms with Gasteiger partial charge in [0, 0.05) is 11.6 Å². The number of pyridine rings is 1. The van der Waals surface area contributed by atoms with Crippen LogP contribution < -0.4 is 0 Å². The molecule has 3 nitrogen and oxygen atoms in total. The van der Waals surface area contributed by atoms with Crippen molar-refractivity contribution in [1.29, 1.82) is 0 Å². The maximum absolute atomic E-state index is 11.5. The number of nitrogens with zero attached hydrogens (tertiary/aromatic N) is 2. The Kier molecular flexibility index (Phi) is 2.63. The largest absolute Gasteiger partial charge is 0.286 e. The number of hydrogen-bond donors (Lipinski definition) is 0. The highest BCUT2D eigenvalue weighted by Gasteiger charge is 2.07. The third kappa shape index (κ3) is 1.81. The molecule has 0 fully saturated rings. The van der Waals surface area contributed by atoms with E-state index >= 15 is 0 Å². The first-order valence-electron chi connectivity index (χ1n) is 4.29. The van der Waals surface area contributed by atoms with Crippen LogP contribution in [-0.2, 0) is 0 Å². The highest BCUT2D eigenvalue weighted by molar-refractivity contribution is 7.78. The van der Waals surface area contributed by atoms with Crippen molar-refractivity contribution in [2.24, 2.45) is 4.99 Å². The molecule has 0 N–H and O–H groups in total. The second-order valence-corrected chi connectivity index (χ2v) is 3.07. The van der Waals surface area contributed by atoms with Crippen molar-refractivity contribution in [3.05, 3.63) is 42.1 Å². The molecule has 0 aliphatic rings. The van der Waals surface area contributed by atoms with E-state index in [1.54, 1.807) is 24.4 Å². The van der Waals surface area contributed by atoms with Crippen LogP contribution in [0.4, 0.5) is 0 Å². The minimum atomic E-state index is -0.386. The van der Waals surface area contributed by atoms with Gasteiger partial charge in [-0.1, -0.05) is 12.1 Å². The third-order valence-electron chi connectivity index (χ3n) is 2.02. The summed E-state index contributed by atoms with van der Waals surface area (Å²) in [5, 5.41) is 2.85. The highest BCUT2D eigenvalue weighted by Crippen LogP contribution is 2.16. The lowest BCUT2D eigenvalue weighted by Crippen LogP contribution is -1.95. The number of benzene rings is 1. The van der Waals surface area contributed by atoms with Crippen LogP contribution in [0.2, 0.25) is 0 Å². The van der Waals surface area contributed by atoms with E-state index in [1.165, 1.54) is 0 Å². The fourth-order valence-corrected chi connectivity index (χ4v) is 1.47. The van der Waals surface area contributed by atoms with E-state index in [1.807, 2.05) is 12.1 Å². The van der Waals surface area contributed by atoms with Crippen molar-refractivity contribution in [1.82, 2.24) is 4.98 Å². The molecule has 0 bridgehead atoms. The van der Waals surface area contributed by atoms with Crippen LogP contribution in [-0.4, -0.2) is 16.1 Å². The standard InChI is InChI=1S/C11H6N2OS/c14-11(13-7-15)9-3-1-5-10-8(9)4-2-6-12-10/h1-6H. The van der Waals surface area contributed by atoms with Gasteiger partial charge in [-0.05, 0) is 30.4 Å². The molecule has 0 saturated carbocycles. The Bertz CT molecular complexity index is 568. The van der Waals surface area contributed by atoms with Crippen molar-refractivity contribution < 1.29 is 4.79 Å². The number of hydrogen-bond acceptors (Lipinski definition) is 3. The summed E-state index contributed by atoms with van der Waals surface area (Å²) in [6, 6.07) is 8.91. The summed E-state index contributed by atoms with van der Waals surface area (Å²) < 4.78 is 0. The zero-order valence-corrected chi connectivity index (χ0v) is 8.49. The summed E-state index contributed by atoms with van der Waals surface area (Å²) in [5.74, 6) is -0.386. The lowest BCUT2D eigenvalue weighted by molar-refractivity contribution is 0.101. The summed E-state index contributed by atoms with van der Waals surface area (Å²) in [6.45, 7) is 0. The molecule has 0 saturated heterocycles. The Balaban J connectivity index is 2.71. The predicted octanol–water partition coefficient (Wildman–Crippen LogP) is 2.48. The van der Waals surface area contributed by atoms with E-state index in [2.05, 4.69) is 27.4 Å². The zero-order chi connectivity index (χ0) is 10.7. The second-order valence-electron chi connectivity index (χ2n) is 2.88. The average molecular weight is 214 g/mol. The number of aliphatic imine (C=N–C) groups is 1. The van der Waals surface area contributed by atoms with E-state index in [4.69, 9.17) is 0 Å². The van der Waals surface area contributed by atoms with E-state index in [0.717, 1.165) is 10.9 Å². The van der Waals surface area contributed by atoms with E-state index in [9.17, 15) is 4.79 Å². The Morgan fingerprint density at radius 2 is 2.20 bits per heavy atom. The van der Waals surface area contributed by atoms with Crippen LogP contribution in [0, 0.1) is 0 Å². The molecule has 72 valence electrons. The molecular formula is C11H6N2OS. The monoisotopic (exact) mass is 214 g/mol. The molecule has 0 atom stereocenters. The third-order valence-corrected chi connectivity index (χ3v) is 2.11. The van der Waals surface area contributed by atoms with Gasteiger partial charge >= 0.3 is 0 Å². The van der Waals surface area contributed by atoms with Gasteiger partial charge in [0.2, 0.25) is 0 Å². The van der Waals surface area contributed by atoms with Gasteiger partial charge < -0.3 is 0 Å². The van der Waals surface area contributed by atoms with Gasteiger partial charge in [-0.2, -0.15) is 4.99 Å². The number of carbonyl (C=O) groups excluding carboxylic acids is 1. The second kappa shape index (κ2) is 4.09. The molecule has 2 aromatic rings. The molecule has 1 aromatic heterocycles. The lowest BCUT2D eigenvalue weighted by Gasteiger charge is -2.00. The Morgan fingerprint density at radius 1 is 1.33 bits per heavy atom. The number of aromatic nitrogens is 1. The minimum absolute atomic E-state index is 0.386. The van der Waals surface area contributed by atoms with Crippen molar-refractivity contribution in [2.45, 2.75) is 0 Å². The normalized spacial score (nSPS) is 9.60. The number of amides is 1. The molecule has 15 heavy (non-hydrogen) atoms. The van der Waals surface area contributed by atoms with Crippen LogP contribution in [0.3, 0.4) is 0 Å². The SMILES string of the molecule is O=C(N=C=S)c1cccc2ncccc12. The zero-order valence-electron chi connectivity index (χ0n) is 7.68. The van der Waals surface area contributed by atoms with E-state index in [-0.39, 0.29) is 5.91 Å². The van der Waals surface area contributed by atoms with Gasteiger partial charge in [-0.25, -0.2) is 0 Å². The summed E-state index contributed by atoms with van der Waals surface area (Å²) in [4.78, 5) is 19.1.